The highest BCUT2D eigenvalue weighted by Gasteiger charge is 2.54. The monoisotopic (exact) mass is 296 g/mol. The maximum atomic E-state index is 4.99. The molecule has 0 N–H and O–H groups in total. The molecule has 0 unspecified atom stereocenters. The van der Waals surface area contributed by atoms with E-state index in [1.54, 1.807) is 0 Å². The third kappa shape index (κ3) is 1.92. The van der Waals surface area contributed by atoms with E-state index in [-0.39, 0.29) is 0 Å². The lowest BCUT2D eigenvalue weighted by atomic mass is 10.0. The Morgan fingerprint density at radius 2 is 1.30 bits per heavy atom. The zero-order chi connectivity index (χ0) is 15.2. The number of anilines is 1. The van der Waals surface area contributed by atoms with Crippen LogP contribution in [-0.4, -0.2) is 11.8 Å². The van der Waals surface area contributed by atoms with Crippen LogP contribution in [0.25, 0.3) is 0 Å². The minimum absolute atomic E-state index is 0.342. The Labute approximate surface area is 135 Å². The zero-order valence-electron chi connectivity index (χ0n) is 12.6. The van der Waals surface area contributed by atoms with E-state index < -0.39 is 0 Å². The molecule has 0 aromatic heterocycles. The summed E-state index contributed by atoms with van der Waals surface area (Å²) < 4.78 is 0. The predicted molar refractivity (Wildman–Crippen MR) is 94.5 cm³/mol. The summed E-state index contributed by atoms with van der Waals surface area (Å²) in [6.45, 7) is 0. The molecule has 1 saturated heterocycles. The van der Waals surface area contributed by atoms with E-state index >= 15 is 0 Å². The first-order valence-corrected chi connectivity index (χ1v) is 8.00. The van der Waals surface area contributed by atoms with Crippen molar-refractivity contribution in [2.75, 3.05) is 4.90 Å². The topological polar surface area (TPSA) is 15.4 Å². The Morgan fingerprint density at radius 3 is 2.09 bits per heavy atom. The first kappa shape index (κ1) is 12.7. The van der Waals surface area contributed by atoms with Gasteiger partial charge in [-0.2, -0.15) is 0 Å². The second-order valence-electron chi connectivity index (χ2n) is 6.06. The van der Waals surface area contributed by atoms with Gasteiger partial charge in [-0.15, -0.1) is 0 Å². The van der Waals surface area contributed by atoms with Crippen molar-refractivity contribution in [3.8, 4) is 0 Å². The second-order valence-corrected chi connectivity index (χ2v) is 6.06. The van der Waals surface area contributed by atoms with Gasteiger partial charge in [0.1, 0.15) is 0 Å². The van der Waals surface area contributed by atoms with Crippen LogP contribution < -0.4 is 4.90 Å². The Kier molecular flexibility index (Phi) is 2.65. The van der Waals surface area contributed by atoms with Gasteiger partial charge in [0.2, 0.25) is 0 Å². The Balaban J connectivity index is 1.66. The lowest BCUT2D eigenvalue weighted by Crippen LogP contribution is -2.17. The molecular formula is C21H16N2. The largest absolute Gasteiger partial charge is 0.349 e. The van der Waals surface area contributed by atoms with E-state index in [1.165, 1.54) is 22.5 Å². The summed E-state index contributed by atoms with van der Waals surface area (Å²) in [4.78, 5) is 7.48. The fourth-order valence-electron chi connectivity index (χ4n) is 3.62. The summed E-state index contributed by atoms with van der Waals surface area (Å²) in [5, 5.41) is 0. The molecule has 2 heterocycles. The lowest BCUT2D eigenvalue weighted by Gasteiger charge is -2.16. The number of aliphatic imine (C=N–C) groups is 1. The van der Waals surface area contributed by atoms with Crippen molar-refractivity contribution in [1.82, 2.24) is 0 Å². The minimum atomic E-state index is 0.342. The van der Waals surface area contributed by atoms with Gasteiger partial charge in [0.25, 0.3) is 0 Å². The smallest absolute Gasteiger partial charge is 0.0973 e. The van der Waals surface area contributed by atoms with Crippen LogP contribution in [-0.2, 0) is 0 Å². The molecule has 0 spiro atoms. The van der Waals surface area contributed by atoms with E-state index in [1.807, 2.05) is 0 Å². The number of nitrogens with zero attached hydrogens (tertiary/aromatic N) is 2. The van der Waals surface area contributed by atoms with E-state index in [2.05, 4.69) is 89.8 Å². The lowest BCUT2D eigenvalue weighted by molar-refractivity contribution is 1.11. The summed E-state index contributed by atoms with van der Waals surface area (Å²) in [6, 6.07) is 30.5. The summed E-state index contributed by atoms with van der Waals surface area (Å²) in [6.07, 6.45) is 0. The molecule has 2 atom stereocenters. The highest BCUT2D eigenvalue weighted by atomic mass is 15.4. The van der Waals surface area contributed by atoms with Crippen molar-refractivity contribution in [3.05, 3.63) is 96.1 Å². The van der Waals surface area contributed by atoms with Crippen LogP contribution in [0, 0.1) is 0 Å². The fourth-order valence-corrected chi connectivity index (χ4v) is 3.62. The van der Waals surface area contributed by atoms with Gasteiger partial charge in [-0.05, 0) is 23.3 Å². The molecule has 2 heteroatoms. The van der Waals surface area contributed by atoms with Crippen LogP contribution in [0.3, 0.4) is 0 Å². The molecular weight excluding hydrogens is 280 g/mol. The van der Waals surface area contributed by atoms with Crippen molar-refractivity contribution in [1.29, 1.82) is 0 Å². The molecule has 3 aromatic rings. The number of benzene rings is 3. The summed E-state index contributed by atoms with van der Waals surface area (Å²) in [5.41, 5.74) is 6.07. The Bertz CT molecular complexity index is 880. The van der Waals surface area contributed by atoms with E-state index in [9.17, 15) is 0 Å². The molecule has 0 radical (unpaired) electrons. The van der Waals surface area contributed by atoms with E-state index in [0.29, 0.717) is 12.1 Å². The third-order valence-corrected chi connectivity index (χ3v) is 4.70. The van der Waals surface area contributed by atoms with Crippen molar-refractivity contribution >= 4 is 17.1 Å². The summed E-state index contributed by atoms with van der Waals surface area (Å²) in [5.74, 6) is 0. The molecule has 1 fully saturated rings. The molecule has 3 aromatic carbocycles. The fraction of sp³-hybridized carbons (Fsp3) is 0.0952. The number of rotatable bonds is 2. The van der Waals surface area contributed by atoms with Crippen LogP contribution in [0.2, 0.25) is 0 Å². The molecule has 110 valence electrons. The van der Waals surface area contributed by atoms with Gasteiger partial charge in [-0.25, -0.2) is 4.99 Å². The van der Waals surface area contributed by atoms with Crippen LogP contribution >= 0.6 is 0 Å². The molecule has 2 nitrogen and oxygen atoms in total. The summed E-state index contributed by atoms with van der Waals surface area (Å²) in [7, 11) is 0. The SMILES string of the molecule is c1ccc(C2=Nc3ccccc3N3[C@H]2[C@H]3c2ccccc2)cc1. The van der Waals surface area contributed by atoms with E-state index in [4.69, 9.17) is 4.99 Å². The highest BCUT2D eigenvalue weighted by molar-refractivity contribution is 6.14. The van der Waals surface area contributed by atoms with Crippen molar-refractivity contribution in [3.63, 3.8) is 0 Å². The normalized spacial score (nSPS) is 21.2. The molecule has 5 rings (SSSR count). The Hall–Kier alpha value is -2.87. The van der Waals surface area contributed by atoms with Crippen LogP contribution in [0.1, 0.15) is 17.2 Å². The summed E-state index contributed by atoms with van der Waals surface area (Å²) >= 11 is 0. The first-order valence-electron chi connectivity index (χ1n) is 8.00. The van der Waals surface area contributed by atoms with Gasteiger partial charge in [0, 0.05) is 0 Å². The average Bonchev–Trinajstić information content (AvgIpc) is 3.38. The van der Waals surface area contributed by atoms with Crippen LogP contribution in [0.5, 0.6) is 0 Å². The highest BCUT2D eigenvalue weighted by Crippen LogP contribution is 2.54. The van der Waals surface area contributed by atoms with Gasteiger partial charge >= 0.3 is 0 Å². The van der Waals surface area contributed by atoms with Gasteiger partial charge in [-0.1, -0.05) is 72.8 Å². The molecule has 23 heavy (non-hydrogen) atoms. The zero-order valence-corrected chi connectivity index (χ0v) is 12.6. The maximum Gasteiger partial charge on any atom is 0.0973 e. The standard InChI is InChI=1S/C21H16N2/c1-3-9-15(10-4-1)19-21-20(16-11-5-2-6-12-16)23(21)18-14-8-7-13-17(18)22-19/h1-14,20-21H/t20-,21-,23?/m1/s1. The number of hydrogen-bond donors (Lipinski definition) is 0. The Morgan fingerprint density at radius 1 is 0.652 bits per heavy atom. The van der Waals surface area contributed by atoms with Crippen molar-refractivity contribution in [2.45, 2.75) is 12.1 Å². The number of hydrogen-bond acceptors (Lipinski definition) is 2. The van der Waals surface area contributed by atoms with Gasteiger partial charge in [-0.3, -0.25) is 0 Å². The molecule has 0 saturated carbocycles. The van der Waals surface area contributed by atoms with Gasteiger partial charge in [0.05, 0.1) is 29.2 Å². The average molecular weight is 296 g/mol. The minimum Gasteiger partial charge on any atom is -0.349 e. The van der Waals surface area contributed by atoms with Crippen LogP contribution in [0.15, 0.2) is 89.9 Å². The molecule has 0 amide bonds. The number of para-hydroxylation sites is 2. The number of fused-ring (bicyclic) bond motifs is 3. The maximum absolute atomic E-state index is 4.99. The predicted octanol–water partition coefficient (Wildman–Crippen LogP) is 4.75. The molecule has 0 aliphatic carbocycles. The quantitative estimate of drug-likeness (QED) is 0.623. The molecule has 2 aliphatic rings. The van der Waals surface area contributed by atoms with Crippen LogP contribution in [0.4, 0.5) is 11.4 Å². The van der Waals surface area contributed by atoms with Crippen molar-refractivity contribution < 1.29 is 0 Å². The van der Waals surface area contributed by atoms with Gasteiger partial charge in [0.15, 0.2) is 0 Å². The molecule has 0 bridgehead atoms. The third-order valence-electron chi connectivity index (χ3n) is 4.70. The van der Waals surface area contributed by atoms with Crippen molar-refractivity contribution in [2.24, 2.45) is 4.99 Å². The first-order chi connectivity index (χ1) is 11.4. The van der Waals surface area contributed by atoms with Gasteiger partial charge < -0.3 is 4.90 Å². The second kappa shape index (κ2) is 4.82. The van der Waals surface area contributed by atoms with E-state index in [0.717, 1.165) is 5.69 Å². The molecule has 2 aliphatic heterocycles.